The highest BCUT2D eigenvalue weighted by atomic mass is 19.4. The molecule has 1 aliphatic rings. The second-order valence-corrected chi connectivity index (χ2v) is 5.49. The SMILES string of the molecule is CC(C)CNCC1(COCC(F)(F)F)CCC1. The van der Waals surface area contributed by atoms with Crippen LogP contribution in [-0.4, -0.2) is 32.5 Å². The van der Waals surface area contributed by atoms with E-state index in [1.165, 1.54) is 0 Å². The highest BCUT2D eigenvalue weighted by molar-refractivity contribution is 4.89. The van der Waals surface area contributed by atoms with Gasteiger partial charge in [-0.1, -0.05) is 20.3 Å². The number of alkyl halides is 3. The molecule has 1 N–H and O–H groups in total. The first kappa shape index (κ1) is 14.8. The molecular formula is C12H22F3NO. The number of hydrogen-bond acceptors (Lipinski definition) is 2. The fraction of sp³-hybridized carbons (Fsp3) is 1.00. The summed E-state index contributed by atoms with van der Waals surface area (Å²) in [6, 6.07) is 0. The highest BCUT2D eigenvalue weighted by Gasteiger charge is 2.38. The van der Waals surface area contributed by atoms with Crippen molar-refractivity contribution in [1.29, 1.82) is 0 Å². The Balaban J connectivity index is 2.21. The van der Waals surface area contributed by atoms with E-state index < -0.39 is 12.8 Å². The van der Waals surface area contributed by atoms with E-state index in [1.807, 2.05) is 0 Å². The third kappa shape index (κ3) is 5.73. The zero-order valence-electron chi connectivity index (χ0n) is 10.6. The predicted octanol–water partition coefficient (Wildman–Crippen LogP) is 2.98. The highest BCUT2D eigenvalue weighted by Crippen LogP contribution is 2.40. The smallest absolute Gasteiger partial charge is 0.371 e. The van der Waals surface area contributed by atoms with Crippen LogP contribution in [0.4, 0.5) is 13.2 Å². The van der Waals surface area contributed by atoms with Crippen LogP contribution in [0.3, 0.4) is 0 Å². The Bertz CT molecular complexity index is 224. The molecule has 1 rings (SSSR count). The van der Waals surface area contributed by atoms with E-state index in [4.69, 9.17) is 4.74 Å². The van der Waals surface area contributed by atoms with Crippen LogP contribution in [0.1, 0.15) is 33.1 Å². The second-order valence-electron chi connectivity index (χ2n) is 5.49. The van der Waals surface area contributed by atoms with Crippen molar-refractivity contribution < 1.29 is 17.9 Å². The van der Waals surface area contributed by atoms with Crippen molar-refractivity contribution in [3.05, 3.63) is 0 Å². The summed E-state index contributed by atoms with van der Waals surface area (Å²) in [5, 5.41) is 3.31. The molecule has 2 nitrogen and oxygen atoms in total. The lowest BCUT2D eigenvalue weighted by atomic mass is 9.69. The molecule has 0 aromatic rings. The van der Waals surface area contributed by atoms with Crippen LogP contribution in [0, 0.1) is 11.3 Å². The third-order valence-electron chi connectivity index (χ3n) is 3.14. The van der Waals surface area contributed by atoms with Gasteiger partial charge in [0.25, 0.3) is 0 Å². The number of hydrogen-bond donors (Lipinski definition) is 1. The largest absolute Gasteiger partial charge is 0.411 e. The van der Waals surface area contributed by atoms with Crippen molar-refractivity contribution in [2.75, 3.05) is 26.3 Å². The maximum atomic E-state index is 12.0. The lowest BCUT2D eigenvalue weighted by Gasteiger charge is -2.42. The molecule has 0 bridgehead atoms. The fourth-order valence-electron chi connectivity index (χ4n) is 2.06. The minimum absolute atomic E-state index is 0.0554. The zero-order valence-corrected chi connectivity index (χ0v) is 10.6. The molecule has 17 heavy (non-hydrogen) atoms. The number of ether oxygens (including phenoxy) is 1. The van der Waals surface area contributed by atoms with Gasteiger partial charge >= 0.3 is 6.18 Å². The molecule has 1 saturated carbocycles. The molecule has 0 aliphatic heterocycles. The van der Waals surface area contributed by atoms with Crippen LogP contribution in [0.15, 0.2) is 0 Å². The Morgan fingerprint density at radius 3 is 2.35 bits per heavy atom. The average molecular weight is 253 g/mol. The summed E-state index contributed by atoms with van der Waals surface area (Å²) in [5.74, 6) is 0.559. The van der Waals surface area contributed by atoms with Crippen molar-refractivity contribution >= 4 is 0 Å². The number of nitrogens with one attached hydrogen (secondary N) is 1. The van der Waals surface area contributed by atoms with Crippen molar-refractivity contribution in [2.45, 2.75) is 39.3 Å². The molecule has 0 amide bonds. The molecule has 0 aromatic heterocycles. The minimum atomic E-state index is -4.21. The number of halogens is 3. The fourth-order valence-corrected chi connectivity index (χ4v) is 2.06. The van der Waals surface area contributed by atoms with Gasteiger partial charge in [0.15, 0.2) is 0 Å². The topological polar surface area (TPSA) is 21.3 Å². The summed E-state index contributed by atoms with van der Waals surface area (Å²) in [7, 11) is 0. The Labute approximate surface area is 101 Å². The van der Waals surface area contributed by atoms with E-state index >= 15 is 0 Å². The van der Waals surface area contributed by atoms with Crippen LogP contribution < -0.4 is 5.32 Å². The number of rotatable bonds is 7. The Kier molecular flexibility index (Phi) is 5.25. The standard InChI is InChI=1S/C12H22F3NO/c1-10(2)6-16-7-11(4-3-5-11)8-17-9-12(13,14)15/h10,16H,3-9H2,1-2H3. The van der Waals surface area contributed by atoms with E-state index in [2.05, 4.69) is 19.2 Å². The van der Waals surface area contributed by atoms with Crippen molar-refractivity contribution in [1.82, 2.24) is 5.32 Å². The van der Waals surface area contributed by atoms with Gasteiger partial charge in [-0.2, -0.15) is 13.2 Å². The quantitative estimate of drug-likeness (QED) is 0.753. The molecule has 0 radical (unpaired) electrons. The first-order chi connectivity index (χ1) is 7.83. The Hall–Kier alpha value is -0.290. The molecule has 0 spiro atoms. The molecule has 5 heteroatoms. The first-order valence-corrected chi connectivity index (χ1v) is 6.18. The van der Waals surface area contributed by atoms with Gasteiger partial charge < -0.3 is 10.1 Å². The Morgan fingerprint density at radius 2 is 1.94 bits per heavy atom. The molecule has 0 aromatic carbocycles. The van der Waals surface area contributed by atoms with Gasteiger partial charge in [-0.3, -0.25) is 0 Å². The normalized spacial score (nSPS) is 19.4. The van der Waals surface area contributed by atoms with Crippen molar-refractivity contribution in [3.8, 4) is 0 Å². The summed E-state index contributed by atoms with van der Waals surface area (Å²) in [4.78, 5) is 0. The van der Waals surface area contributed by atoms with Crippen LogP contribution >= 0.6 is 0 Å². The molecule has 0 saturated heterocycles. The summed E-state index contributed by atoms with van der Waals surface area (Å²) >= 11 is 0. The molecule has 0 unspecified atom stereocenters. The van der Waals surface area contributed by atoms with Crippen molar-refractivity contribution in [3.63, 3.8) is 0 Å². The molecule has 102 valence electrons. The van der Waals surface area contributed by atoms with Gasteiger partial charge in [0, 0.05) is 12.0 Å². The van der Waals surface area contributed by atoms with Gasteiger partial charge in [-0.15, -0.1) is 0 Å². The van der Waals surface area contributed by atoms with Gasteiger partial charge in [-0.25, -0.2) is 0 Å². The van der Waals surface area contributed by atoms with Crippen LogP contribution in [-0.2, 0) is 4.74 Å². The molecule has 0 heterocycles. The first-order valence-electron chi connectivity index (χ1n) is 6.18. The summed E-state index contributed by atoms with van der Waals surface area (Å²) in [5.41, 5.74) is -0.0554. The van der Waals surface area contributed by atoms with E-state index in [1.54, 1.807) is 0 Å². The maximum absolute atomic E-state index is 12.0. The molecule has 1 fully saturated rings. The van der Waals surface area contributed by atoms with E-state index in [0.717, 1.165) is 32.4 Å². The molecule has 0 atom stereocenters. The zero-order chi connectivity index (χ0) is 12.9. The van der Waals surface area contributed by atoms with E-state index in [0.29, 0.717) is 5.92 Å². The Morgan fingerprint density at radius 1 is 1.29 bits per heavy atom. The van der Waals surface area contributed by atoms with E-state index in [9.17, 15) is 13.2 Å². The van der Waals surface area contributed by atoms with Gasteiger partial charge in [0.05, 0.1) is 6.61 Å². The second kappa shape index (κ2) is 6.05. The lowest BCUT2D eigenvalue weighted by molar-refractivity contribution is -0.184. The van der Waals surface area contributed by atoms with Crippen molar-refractivity contribution in [2.24, 2.45) is 11.3 Å². The van der Waals surface area contributed by atoms with Gasteiger partial charge in [0.1, 0.15) is 6.61 Å². The monoisotopic (exact) mass is 253 g/mol. The lowest BCUT2D eigenvalue weighted by Crippen LogP contribution is -2.44. The van der Waals surface area contributed by atoms with Crippen LogP contribution in [0.2, 0.25) is 0 Å². The molecular weight excluding hydrogens is 231 g/mol. The maximum Gasteiger partial charge on any atom is 0.411 e. The minimum Gasteiger partial charge on any atom is -0.371 e. The predicted molar refractivity (Wildman–Crippen MR) is 60.9 cm³/mol. The summed E-state index contributed by atoms with van der Waals surface area (Å²) in [6.07, 6.45) is -1.18. The van der Waals surface area contributed by atoms with Crippen LogP contribution in [0.5, 0.6) is 0 Å². The van der Waals surface area contributed by atoms with Gasteiger partial charge in [-0.05, 0) is 25.3 Å². The average Bonchev–Trinajstić information content (AvgIpc) is 2.10. The summed E-state index contributed by atoms with van der Waals surface area (Å²) in [6.45, 7) is 4.99. The molecule has 1 aliphatic carbocycles. The van der Waals surface area contributed by atoms with Crippen LogP contribution in [0.25, 0.3) is 0 Å². The van der Waals surface area contributed by atoms with E-state index in [-0.39, 0.29) is 12.0 Å². The van der Waals surface area contributed by atoms with Gasteiger partial charge in [0.2, 0.25) is 0 Å². The summed E-state index contributed by atoms with van der Waals surface area (Å²) < 4.78 is 40.7. The third-order valence-corrected chi connectivity index (χ3v) is 3.14.